The molecule has 6 nitrogen and oxygen atoms in total. The molecule has 0 bridgehead atoms. The monoisotopic (exact) mass is 348 g/mol. The van der Waals surface area contributed by atoms with E-state index in [9.17, 15) is 9.90 Å². The van der Waals surface area contributed by atoms with Gasteiger partial charge in [-0.05, 0) is 5.92 Å². The number of carbonyl (C=O) groups excluding carboxylic acids is 1. The van der Waals surface area contributed by atoms with Crippen molar-refractivity contribution >= 4 is 17.2 Å². The molecule has 2 aromatic heterocycles. The minimum Gasteiger partial charge on any atom is -0.392 e. The van der Waals surface area contributed by atoms with Crippen molar-refractivity contribution in [2.24, 2.45) is 11.3 Å². The van der Waals surface area contributed by atoms with E-state index in [0.29, 0.717) is 17.9 Å². The predicted molar refractivity (Wildman–Crippen MR) is 94.5 cm³/mol. The molecule has 1 atom stereocenters. The fraction of sp³-hybridized carbons (Fsp3) is 0.529. The first-order valence-corrected chi connectivity index (χ1v) is 8.83. The minimum absolute atomic E-state index is 0.102. The lowest BCUT2D eigenvalue weighted by atomic mass is 9.80. The number of aliphatic hydroxyl groups is 1. The molecule has 24 heavy (non-hydrogen) atoms. The van der Waals surface area contributed by atoms with Gasteiger partial charge in [-0.3, -0.25) is 14.8 Å². The van der Waals surface area contributed by atoms with Crippen molar-refractivity contribution in [2.45, 2.75) is 40.2 Å². The number of carbonyl (C=O) groups is 1. The topological polar surface area (TPSA) is 88.0 Å². The van der Waals surface area contributed by atoms with Crippen LogP contribution in [0.4, 0.5) is 0 Å². The second kappa shape index (κ2) is 7.81. The van der Waals surface area contributed by atoms with Crippen molar-refractivity contribution < 1.29 is 9.90 Å². The van der Waals surface area contributed by atoms with E-state index < -0.39 is 6.10 Å². The quantitative estimate of drug-likeness (QED) is 0.801. The van der Waals surface area contributed by atoms with E-state index >= 15 is 0 Å². The molecule has 1 amide bonds. The highest BCUT2D eigenvalue weighted by molar-refractivity contribution is 7.13. The number of rotatable bonds is 7. The third-order valence-electron chi connectivity index (χ3n) is 3.85. The van der Waals surface area contributed by atoms with E-state index in [2.05, 4.69) is 20.3 Å². The first-order chi connectivity index (χ1) is 11.3. The van der Waals surface area contributed by atoms with Gasteiger partial charge >= 0.3 is 0 Å². The summed E-state index contributed by atoms with van der Waals surface area (Å²) < 4.78 is 0. The first kappa shape index (κ1) is 18.5. The van der Waals surface area contributed by atoms with E-state index in [1.165, 1.54) is 11.3 Å². The van der Waals surface area contributed by atoms with Gasteiger partial charge in [0.1, 0.15) is 10.7 Å². The molecule has 0 aromatic carbocycles. The number of thiazole rings is 1. The first-order valence-electron chi connectivity index (χ1n) is 7.95. The third kappa shape index (κ3) is 4.82. The molecular weight excluding hydrogens is 324 g/mol. The molecule has 7 heteroatoms. The summed E-state index contributed by atoms with van der Waals surface area (Å²) in [4.78, 5) is 24.8. The van der Waals surface area contributed by atoms with Crippen LogP contribution >= 0.6 is 11.3 Å². The molecule has 0 aliphatic heterocycles. The van der Waals surface area contributed by atoms with Crippen LogP contribution in [-0.2, 0) is 11.2 Å². The highest BCUT2D eigenvalue weighted by Gasteiger charge is 2.30. The van der Waals surface area contributed by atoms with E-state index in [0.717, 1.165) is 5.01 Å². The van der Waals surface area contributed by atoms with Gasteiger partial charge in [0.2, 0.25) is 5.91 Å². The summed E-state index contributed by atoms with van der Waals surface area (Å²) in [6.45, 7) is 8.27. The summed E-state index contributed by atoms with van der Waals surface area (Å²) in [5, 5.41) is 15.7. The zero-order valence-electron chi connectivity index (χ0n) is 14.5. The fourth-order valence-corrected chi connectivity index (χ4v) is 3.26. The second-order valence-electron chi connectivity index (χ2n) is 6.87. The van der Waals surface area contributed by atoms with E-state index in [1.807, 2.05) is 33.1 Å². The Bertz CT molecular complexity index is 670. The maximum absolute atomic E-state index is 12.1. The Morgan fingerprint density at radius 2 is 2.12 bits per heavy atom. The van der Waals surface area contributed by atoms with Gasteiger partial charge in [-0.15, -0.1) is 11.3 Å². The highest BCUT2D eigenvalue weighted by Crippen LogP contribution is 2.25. The Labute approximate surface area is 146 Å². The maximum atomic E-state index is 12.1. The molecular formula is C17H24N4O2S. The summed E-state index contributed by atoms with van der Waals surface area (Å²) in [5.41, 5.74) is 1.03. The number of aromatic nitrogens is 3. The molecule has 0 aliphatic rings. The van der Waals surface area contributed by atoms with Crippen molar-refractivity contribution in [1.29, 1.82) is 0 Å². The van der Waals surface area contributed by atoms with E-state index in [-0.39, 0.29) is 23.7 Å². The Morgan fingerprint density at radius 3 is 2.75 bits per heavy atom. The van der Waals surface area contributed by atoms with Crippen LogP contribution in [0.2, 0.25) is 0 Å². The van der Waals surface area contributed by atoms with E-state index in [1.54, 1.807) is 18.6 Å². The maximum Gasteiger partial charge on any atom is 0.226 e. The predicted octanol–water partition coefficient (Wildman–Crippen LogP) is 2.30. The standard InChI is InChI=1S/C17H24N4O2S/c1-11(2)15(23)17(3,4)10-20-14(22)7-12-9-24-16(21-12)13-8-18-5-6-19-13/h5-6,8-9,11,15,23H,7,10H2,1-4H3,(H,20,22). The van der Waals surface area contributed by atoms with Crippen LogP contribution < -0.4 is 5.32 Å². The number of hydrogen-bond acceptors (Lipinski definition) is 6. The van der Waals surface area contributed by atoms with E-state index in [4.69, 9.17) is 0 Å². The van der Waals surface area contributed by atoms with Crippen molar-refractivity contribution in [3.8, 4) is 10.7 Å². The Hall–Kier alpha value is -1.86. The van der Waals surface area contributed by atoms with Gasteiger partial charge < -0.3 is 10.4 Å². The molecule has 2 N–H and O–H groups in total. The van der Waals surface area contributed by atoms with Gasteiger partial charge in [-0.25, -0.2) is 4.98 Å². The number of hydrogen-bond donors (Lipinski definition) is 2. The zero-order chi connectivity index (χ0) is 17.7. The number of nitrogens with one attached hydrogen (secondary N) is 1. The van der Waals surface area contributed by atoms with Crippen LogP contribution in [0.15, 0.2) is 24.0 Å². The molecule has 0 saturated heterocycles. The Kier molecular flexibility index (Phi) is 6.01. The van der Waals surface area contributed by atoms with Gasteiger partial charge in [0.05, 0.1) is 24.4 Å². The average molecular weight is 348 g/mol. The molecule has 0 radical (unpaired) electrons. The largest absolute Gasteiger partial charge is 0.392 e. The smallest absolute Gasteiger partial charge is 0.226 e. The summed E-state index contributed by atoms with van der Waals surface area (Å²) in [5.74, 6) is 0.0417. The normalized spacial score (nSPS) is 13.1. The van der Waals surface area contributed by atoms with Gasteiger partial charge in [0.15, 0.2) is 0 Å². The van der Waals surface area contributed by atoms with Crippen LogP contribution in [0.3, 0.4) is 0 Å². The molecule has 1 unspecified atom stereocenters. The molecule has 0 spiro atoms. The fourth-order valence-electron chi connectivity index (χ4n) is 2.48. The summed E-state index contributed by atoms with van der Waals surface area (Å²) in [6.07, 6.45) is 4.62. The lowest BCUT2D eigenvalue weighted by molar-refractivity contribution is -0.121. The van der Waals surface area contributed by atoms with Gasteiger partial charge in [0, 0.05) is 29.7 Å². The minimum atomic E-state index is -0.472. The molecule has 2 heterocycles. The number of amides is 1. The number of aliphatic hydroxyl groups excluding tert-OH is 1. The molecule has 2 rings (SSSR count). The van der Waals surface area contributed by atoms with Crippen LogP contribution in [0.1, 0.15) is 33.4 Å². The zero-order valence-corrected chi connectivity index (χ0v) is 15.3. The highest BCUT2D eigenvalue weighted by atomic mass is 32.1. The molecule has 130 valence electrons. The molecule has 0 saturated carbocycles. The van der Waals surface area contributed by atoms with Crippen molar-refractivity contribution in [3.63, 3.8) is 0 Å². The lowest BCUT2D eigenvalue weighted by Crippen LogP contribution is -2.44. The molecule has 2 aromatic rings. The van der Waals surface area contributed by atoms with Crippen LogP contribution in [0.25, 0.3) is 10.7 Å². The Balaban J connectivity index is 1.90. The summed E-state index contributed by atoms with van der Waals surface area (Å²) in [7, 11) is 0. The van der Waals surface area contributed by atoms with Crippen LogP contribution in [0, 0.1) is 11.3 Å². The third-order valence-corrected chi connectivity index (χ3v) is 4.76. The molecule has 0 aliphatic carbocycles. The van der Waals surface area contributed by atoms with Crippen molar-refractivity contribution in [3.05, 3.63) is 29.7 Å². The van der Waals surface area contributed by atoms with Crippen molar-refractivity contribution in [2.75, 3.05) is 6.54 Å². The average Bonchev–Trinajstić information content (AvgIpc) is 3.01. The SMILES string of the molecule is CC(C)C(O)C(C)(C)CNC(=O)Cc1csc(-c2cnccn2)n1. The molecule has 0 fully saturated rings. The second-order valence-corrected chi connectivity index (χ2v) is 7.72. The number of nitrogens with zero attached hydrogens (tertiary/aromatic N) is 3. The van der Waals surface area contributed by atoms with Gasteiger partial charge in [-0.1, -0.05) is 27.7 Å². The van der Waals surface area contributed by atoms with Gasteiger partial charge in [-0.2, -0.15) is 0 Å². The summed E-state index contributed by atoms with van der Waals surface area (Å²) >= 11 is 1.44. The van der Waals surface area contributed by atoms with Crippen molar-refractivity contribution in [1.82, 2.24) is 20.3 Å². The Morgan fingerprint density at radius 1 is 1.38 bits per heavy atom. The van der Waals surface area contributed by atoms with Crippen LogP contribution in [0.5, 0.6) is 0 Å². The summed E-state index contributed by atoms with van der Waals surface area (Å²) in [6, 6.07) is 0. The van der Waals surface area contributed by atoms with Crippen LogP contribution in [-0.4, -0.2) is 38.6 Å². The lowest BCUT2D eigenvalue weighted by Gasteiger charge is -2.33. The van der Waals surface area contributed by atoms with Gasteiger partial charge in [0.25, 0.3) is 0 Å².